The van der Waals surface area contributed by atoms with Crippen molar-refractivity contribution >= 4 is 5.97 Å². The average Bonchev–Trinajstić information content (AvgIpc) is 2.75. The number of aliphatic carboxylic acids is 1. The monoisotopic (exact) mass is 265 g/mol. The molecular formula is C15H20FNO2. The van der Waals surface area contributed by atoms with E-state index in [-0.39, 0.29) is 24.3 Å². The van der Waals surface area contributed by atoms with Crippen LogP contribution in [0.25, 0.3) is 0 Å². The Morgan fingerprint density at radius 1 is 1.58 bits per heavy atom. The maximum atomic E-state index is 13.7. The van der Waals surface area contributed by atoms with Gasteiger partial charge >= 0.3 is 5.97 Å². The number of rotatable bonds is 5. The number of nitrogens with zero attached hydrogens (tertiary/aromatic N) is 1. The highest BCUT2D eigenvalue weighted by molar-refractivity contribution is 5.67. The maximum Gasteiger partial charge on any atom is 0.304 e. The Labute approximate surface area is 113 Å². The first-order chi connectivity index (χ1) is 9.04. The van der Waals surface area contributed by atoms with E-state index in [2.05, 4.69) is 4.90 Å². The van der Waals surface area contributed by atoms with Crippen LogP contribution >= 0.6 is 0 Å². The zero-order valence-electron chi connectivity index (χ0n) is 11.4. The minimum atomic E-state index is -0.789. The quantitative estimate of drug-likeness (QED) is 0.889. The van der Waals surface area contributed by atoms with Crippen LogP contribution in [0, 0.1) is 5.82 Å². The van der Waals surface area contributed by atoms with Crippen molar-refractivity contribution in [3.63, 3.8) is 0 Å². The smallest absolute Gasteiger partial charge is 0.304 e. The molecule has 0 heterocycles. The van der Waals surface area contributed by atoms with Gasteiger partial charge in [-0.15, -0.1) is 0 Å². The zero-order valence-corrected chi connectivity index (χ0v) is 11.4. The summed E-state index contributed by atoms with van der Waals surface area (Å²) in [5.41, 5.74) is 1.83. The number of fused-ring (bicyclic) bond motifs is 1. The van der Waals surface area contributed by atoms with Crippen molar-refractivity contribution in [2.24, 2.45) is 0 Å². The second-order valence-electron chi connectivity index (χ2n) is 5.14. The lowest BCUT2D eigenvalue weighted by Crippen LogP contribution is -2.37. The second kappa shape index (κ2) is 5.70. The van der Waals surface area contributed by atoms with Crippen molar-refractivity contribution < 1.29 is 14.3 Å². The third-order valence-corrected chi connectivity index (χ3v) is 3.98. The molecule has 0 bridgehead atoms. The summed E-state index contributed by atoms with van der Waals surface area (Å²) >= 11 is 0. The Morgan fingerprint density at radius 2 is 2.32 bits per heavy atom. The molecule has 0 spiro atoms. The zero-order chi connectivity index (χ0) is 14.0. The summed E-state index contributed by atoms with van der Waals surface area (Å²) in [5.74, 6) is -0.926. The van der Waals surface area contributed by atoms with E-state index >= 15 is 0 Å². The number of hydrogen-bond donors (Lipinski definition) is 1. The topological polar surface area (TPSA) is 40.5 Å². The molecule has 0 fully saturated rings. The highest BCUT2D eigenvalue weighted by Crippen LogP contribution is 2.38. The van der Waals surface area contributed by atoms with Gasteiger partial charge in [0.15, 0.2) is 0 Å². The van der Waals surface area contributed by atoms with E-state index in [9.17, 15) is 9.18 Å². The van der Waals surface area contributed by atoms with Gasteiger partial charge in [-0.1, -0.05) is 19.1 Å². The summed E-state index contributed by atoms with van der Waals surface area (Å²) in [6, 6.07) is 5.30. The van der Waals surface area contributed by atoms with Gasteiger partial charge in [0.2, 0.25) is 0 Å². The first kappa shape index (κ1) is 14.0. The molecule has 4 heteroatoms. The molecule has 0 saturated carbocycles. The predicted octanol–water partition coefficient (Wildman–Crippen LogP) is 3.00. The summed E-state index contributed by atoms with van der Waals surface area (Å²) in [6.45, 7) is 4.72. The van der Waals surface area contributed by atoms with Crippen LogP contribution in [-0.2, 0) is 11.2 Å². The van der Waals surface area contributed by atoms with Gasteiger partial charge in [-0.2, -0.15) is 0 Å². The van der Waals surface area contributed by atoms with Gasteiger partial charge in [0.25, 0.3) is 0 Å². The predicted molar refractivity (Wildman–Crippen MR) is 71.6 cm³/mol. The number of carbonyl (C=O) groups is 1. The van der Waals surface area contributed by atoms with Gasteiger partial charge in [-0.3, -0.25) is 9.69 Å². The van der Waals surface area contributed by atoms with E-state index in [0.29, 0.717) is 0 Å². The number of carboxylic acids is 1. The van der Waals surface area contributed by atoms with E-state index in [1.54, 1.807) is 6.07 Å². The molecule has 19 heavy (non-hydrogen) atoms. The van der Waals surface area contributed by atoms with Gasteiger partial charge in [0.05, 0.1) is 6.42 Å². The van der Waals surface area contributed by atoms with Crippen molar-refractivity contribution in [2.45, 2.75) is 45.2 Å². The van der Waals surface area contributed by atoms with Crippen molar-refractivity contribution in [1.82, 2.24) is 4.90 Å². The third-order valence-electron chi connectivity index (χ3n) is 3.98. The lowest BCUT2D eigenvalue weighted by atomic mass is 10.0. The van der Waals surface area contributed by atoms with Crippen molar-refractivity contribution in [1.29, 1.82) is 0 Å². The molecule has 1 aromatic rings. The standard InChI is InChI=1S/C15H20FNO2/c1-3-17(10(2)9-15(18)19)14-8-7-11-12(14)5-4-6-13(11)16/h4-6,10,14H,3,7-9H2,1-2H3,(H,18,19). The minimum Gasteiger partial charge on any atom is -0.481 e. The van der Waals surface area contributed by atoms with E-state index in [4.69, 9.17) is 5.11 Å². The first-order valence-electron chi connectivity index (χ1n) is 6.79. The Bertz CT molecular complexity index is 475. The summed E-state index contributed by atoms with van der Waals surface area (Å²) in [6.07, 6.45) is 1.73. The van der Waals surface area contributed by atoms with Gasteiger partial charge in [-0.25, -0.2) is 4.39 Å². The number of benzene rings is 1. The van der Waals surface area contributed by atoms with Crippen LogP contribution in [-0.4, -0.2) is 28.6 Å². The SMILES string of the molecule is CCN(C(C)CC(=O)O)C1CCc2c(F)cccc21. The Morgan fingerprint density at radius 3 is 2.95 bits per heavy atom. The van der Waals surface area contributed by atoms with Crippen molar-refractivity contribution in [3.8, 4) is 0 Å². The fourth-order valence-electron chi connectivity index (χ4n) is 3.14. The molecule has 2 unspecified atom stereocenters. The van der Waals surface area contributed by atoms with Crippen LogP contribution in [0.4, 0.5) is 4.39 Å². The maximum absolute atomic E-state index is 13.7. The van der Waals surface area contributed by atoms with Gasteiger partial charge < -0.3 is 5.11 Å². The van der Waals surface area contributed by atoms with Gasteiger partial charge in [0, 0.05) is 12.1 Å². The summed E-state index contributed by atoms with van der Waals surface area (Å²) in [5, 5.41) is 8.92. The first-order valence-corrected chi connectivity index (χ1v) is 6.79. The van der Waals surface area contributed by atoms with Gasteiger partial charge in [-0.05, 0) is 43.5 Å². The molecule has 2 atom stereocenters. The third kappa shape index (κ3) is 2.78. The summed E-state index contributed by atoms with van der Waals surface area (Å²) < 4.78 is 13.7. The Hall–Kier alpha value is -1.42. The van der Waals surface area contributed by atoms with Crippen LogP contribution < -0.4 is 0 Å². The van der Waals surface area contributed by atoms with E-state index in [0.717, 1.165) is 30.5 Å². The van der Waals surface area contributed by atoms with Gasteiger partial charge in [0.1, 0.15) is 5.82 Å². The average molecular weight is 265 g/mol. The lowest BCUT2D eigenvalue weighted by molar-refractivity contribution is -0.138. The molecule has 0 aromatic heterocycles. The number of carboxylic acid groups (broad SMARTS) is 1. The van der Waals surface area contributed by atoms with Crippen LogP contribution in [0.1, 0.15) is 43.9 Å². The molecule has 1 aliphatic rings. The van der Waals surface area contributed by atoms with Crippen LogP contribution in [0.5, 0.6) is 0 Å². The summed E-state index contributed by atoms with van der Waals surface area (Å²) in [4.78, 5) is 13.0. The normalized spacial score (nSPS) is 19.5. The Balaban J connectivity index is 2.23. The van der Waals surface area contributed by atoms with Crippen molar-refractivity contribution in [3.05, 3.63) is 35.1 Å². The highest BCUT2D eigenvalue weighted by Gasteiger charge is 2.31. The fourth-order valence-corrected chi connectivity index (χ4v) is 3.14. The highest BCUT2D eigenvalue weighted by atomic mass is 19.1. The molecule has 1 aliphatic carbocycles. The number of halogens is 1. The van der Waals surface area contributed by atoms with Crippen LogP contribution in [0.3, 0.4) is 0 Å². The second-order valence-corrected chi connectivity index (χ2v) is 5.14. The van der Waals surface area contributed by atoms with Crippen LogP contribution in [0.2, 0.25) is 0 Å². The molecule has 104 valence electrons. The molecule has 3 nitrogen and oxygen atoms in total. The molecular weight excluding hydrogens is 245 g/mol. The van der Waals surface area contributed by atoms with E-state index < -0.39 is 5.97 Å². The van der Waals surface area contributed by atoms with E-state index in [1.807, 2.05) is 19.9 Å². The molecule has 0 aliphatic heterocycles. The largest absolute Gasteiger partial charge is 0.481 e. The molecule has 0 radical (unpaired) electrons. The minimum absolute atomic E-state index is 0.0401. The van der Waals surface area contributed by atoms with Crippen molar-refractivity contribution in [2.75, 3.05) is 6.54 Å². The summed E-state index contributed by atoms with van der Waals surface area (Å²) in [7, 11) is 0. The molecule has 0 amide bonds. The molecule has 1 aromatic carbocycles. The number of hydrogen-bond acceptors (Lipinski definition) is 2. The molecule has 2 rings (SSSR count). The van der Waals surface area contributed by atoms with Crippen LogP contribution in [0.15, 0.2) is 18.2 Å². The fraction of sp³-hybridized carbons (Fsp3) is 0.533. The molecule has 1 N–H and O–H groups in total. The van der Waals surface area contributed by atoms with E-state index in [1.165, 1.54) is 6.07 Å². The molecule has 0 saturated heterocycles. The Kier molecular flexibility index (Phi) is 4.20. The lowest BCUT2D eigenvalue weighted by Gasteiger charge is -2.33.